The molecular weight excluding hydrogens is 222 g/mol. The molecule has 0 spiro atoms. The maximum atomic E-state index is 6.22. The smallest absolute Gasteiger partial charge is 0.0659 e. The Kier molecular flexibility index (Phi) is 4.34. The minimum absolute atomic E-state index is 0.0603. The molecule has 18 heavy (non-hydrogen) atoms. The van der Waals surface area contributed by atoms with Crippen LogP contribution in [0.1, 0.15) is 25.5 Å². The number of fused-ring (bicyclic) bond motifs is 1. The molecule has 0 bridgehead atoms. The average molecular weight is 243 g/mol. The number of hydrogen-bond acceptors (Lipinski definition) is 2. The Balaban J connectivity index is 2.15. The van der Waals surface area contributed by atoms with Crippen molar-refractivity contribution < 1.29 is 4.74 Å². The highest BCUT2D eigenvalue weighted by atomic mass is 16.5. The largest absolute Gasteiger partial charge is 0.379 e. The molecular formula is C16H21NO. The summed E-state index contributed by atoms with van der Waals surface area (Å²) in [5, 5.41) is 2.45. The van der Waals surface area contributed by atoms with E-state index in [0.29, 0.717) is 12.5 Å². The van der Waals surface area contributed by atoms with Crippen LogP contribution in [0.25, 0.3) is 10.8 Å². The van der Waals surface area contributed by atoms with Gasteiger partial charge in [-0.1, -0.05) is 56.3 Å². The number of nitrogens with two attached hydrogens (primary N) is 1. The Bertz CT molecular complexity index is 502. The van der Waals surface area contributed by atoms with E-state index in [1.807, 2.05) is 12.1 Å². The molecule has 0 aliphatic carbocycles. The first-order chi connectivity index (χ1) is 8.68. The number of rotatable bonds is 5. The van der Waals surface area contributed by atoms with Crippen LogP contribution >= 0.6 is 0 Å². The van der Waals surface area contributed by atoms with Crippen LogP contribution < -0.4 is 5.73 Å². The fourth-order valence-corrected chi connectivity index (χ4v) is 2.09. The lowest BCUT2D eigenvalue weighted by Crippen LogP contribution is -2.19. The van der Waals surface area contributed by atoms with Crippen molar-refractivity contribution in [1.82, 2.24) is 0 Å². The first-order valence-corrected chi connectivity index (χ1v) is 6.49. The van der Waals surface area contributed by atoms with Gasteiger partial charge in [0.15, 0.2) is 0 Å². The Morgan fingerprint density at radius 3 is 2.50 bits per heavy atom. The Hall–Kier alpha value is -1.38. The highest BCUT2D eigenvalue weighted by Gasteiger charge is 2.09. The van der Waals surface area contributed by atoms with Crippen molar-refractivity contribution in [1.29, 1.82) is 0 Å². The normalized spacial score (nSPS) is 13.1. The average Bonchev–Trinajstić information content (AvgIpc) is 2.37. The Morgan fingerprint density at radius 1 is 1.00 bits per heavy atom. The fourth-order valence-electron chi connectivity index (χ4n) is 2.09. The van der Waals surface area contributed by atoms with Gasteiger partial charge in [-0.2, -0.15) is 0 Å². The minimum Gasteiger partial charge on any atom is -0.379 e. The first kappa shape index (κ1) is 13.1. The zero-order valence-corrected chi connectivity index (χ0v) is 11.1. The summed E-state index contributed by atoms with van der Waals surface area (Å²) in [6.07, 6.45) is 0. The molecule has 2 nitrogen and oxygen atoms in total. The number of ether oxygens (including phenoxy) is 1. The molecule has 1 atom stereocenters. The monoisotopic (exact) mass is 243 g/mol. The van der Waals surface area contributed by atoms with E-state index in [0.717, 1.165) is 12.2 Å². The van der Waals surface area contributed by atoms with Crippen LogP contribution in [0.4, 0.5) is 0 Å². The standard InChI is InChI=1S/C16H21NO/c1-12(2)10-18-11-16(17)15-9-5-7-13-6-3-4-8-14(13)15/h3-9,12,16H,10-11,17H2,1-2H3. The van der Waals surface area contributed by atoms with Crippen LogP contribution in [0, 0.1) is 5.92 Å². The van der Waals surface area contributed by atoms with E-state index in [9.17, 15) is 0 Å². The van der Waals surface area contributed by atoms with Gasteiger partial charge in [-0.25, -0.2) is 0 Å². The molecule has 0 fully saturated rings. The van der Waals surface area contributed by atoms with E-state index in [4.69, 9.17) is 10.5 Å². The molecule has 2 N–H and O–H groups in total. The van der Waals surface area contributed by atoms with Crippen molar-refractivity contribution >= 4 is 10.8 Å². The van der Waals surface area contributed by atoms with Gasteiger partial charge < -0.3 is 10.5 Å². The fraction of sp³-hybridized carbons (Fsp3) is 0.375. The van der Waals surface area contributed by atoms with E-state index >= 15 is 0 Å². The van der Waals surface area contributed by atoms with E-state index < -0.39 is 0 Å². The van der Waals surface area contributed by atoms with Gasteiger partial charge in [0.05, 0.1) is 12.6 Å². The third-order valence-electron chi connectivity index (χ3n) is 2.97. The van der Waals surface area contributed by atoms with Gasteiger partial charge in [0.2, 0.25) is 0 Å². The second-order valence-corrected chi connectivity index (χ2v) is 5.11. The highest BCUT2D eigenvalue weighted by Crippen LogP contribution is 2.23. The van der Waals surface area contributed by atoms with Crippen LogP contribution in [0.2, 0.25) is 0 Å². The SMILES string of the molecule is CC(C)COCC(N)c1cccc2ccccc12. The molecule has 0 saturated carbocycles. The molecule has 1 unspecified atom stereocenters. The van der Waals surface area contributed by atoms with E-state index in [1.165, 1.54) is 10.8 Å². The summed E-state index contributed by atoms with van der Waals surface area (Å²) in [7, 11) is 0. The number of hydrogen-bond donors (Lipinski definition) is 1. The molecule has 0 saturated heterocycles. The summed E-state index contributed by atoms with van der Waals surface area (Å²) in [4.78, 5) is 0. The molecule has 0 radical (unpaired) electrons. The Labute approximate surface area is 109 Å². The first-order valence-electron chi connectivity index (χ1n) is 6.49. The van der Waals surface area contributed by atoms with Crippen LogP contribution in [0.15, 0.2) is 42.5 Å². The van der Waals surface area contributed by atoms with Crippen LogP contribution in [0.5, 0.6) is 0 Å². The molecule has 0 aliphatic rings. The number of benzene rings is 2. The van der Waals surface area contributed by atoms with Gasteiger partial charge in [-0.3, -0.25) is 0 Å². The Morgan fingerprint density at radius 2 is 1.72 bits per heavy atom. The summed E-state index contributed by atoms with van der Waals surface area (Å²) in [6, 6.07) is 14.5. The maximum Gasteiger partial charge on any atom is 0.0659 e. The van der Waals surface area contributed by atoms with Crippen molar-refractivity contribution in [3.8, 4) is 0 Å². The predicted octanol–water partition coefficient (Wildman–Crippen LogP) is 3.51. The molecule has 2 aromatic rings. The molecule has 96 valence electrons. The third kappa shape index (κ3) is 3.09. The van der Waals surface area contributed by atoms with Crippen molar-refractivity contribution in [3.05, 3.63) is 48.0 Å². The van der Waals surface area contributed by atoms with Crippen molar-refractivity contribution in [2.75, 3.05) is 13.2 Å². The van der Waals surface area contributed by atoms with Crippen molar-refractivity contribution in [2.24, 2.45) is 11.7 Å². The quantitative estimate of drug-likeness (QED) is 0.872. The van der Waals surface area contributed by atoms with Crippen molar-refractivity contribution in [2.45, 2.75) is 19.9 Å². The van der Waals surface area contributed by atoms with E-state index in [-0.39, 0.29) is 6.04 Å². The zero-order chi connectivity index (χ0) is 13.0. The molecule has 2 heteroatoms. The predicted molar refractivity (Wildman–Crippen MR) is 76.5 cm³/mol. The van der Waals surface area contributed by atoms with Crippen molar-refractivity contribution in [3.63, 3.8) is 0 Å². The van der Waals surface area contributed by atoms with Gasteiger partial charge >= 0.3 is 0 Å². The van der Waals surface area contributed by atoms with E-state index in [1.54, 1.807) is 0 Å². The highest BCUT2D eigenvalue weighted by molar-refractivity contribution is 5.86. The van der Waals surface area contributed by atoms with Crippen LogP contribution in [0.3, 0.4) is 0 Å². The van der Waals surface area contributed by atoms with Gasteiger partial charge in [-0.15, -0.1) is 0 Å². The van der Waals surface area contributed by atoms with Gasteiger partial charge in [0.1, 0.15) is 0 Å². The van der Waals surface area contributed by atoms with Gasteiger partial charge in [-0.05, 0) is 22.3 Å². The maximum absolute atomic E-state index is 6.22. The molecule has 0 aromatic heterocycles. The second kappa shape index (κ2) is 5.98. The summed E-state index contributed by atoms with van der Waals surface area (Å²) < 4.78 is 5.64. The topological polar surface area (TPSA) is 35.2 Å². The lowest BCUT2D eigenvalue weighted by atomic mass is 10.00. The molecule has 0 amide bonds. The second-order valence-electron chi connectivity index (χ2n) is 5.11. The summed E-state index contributed by atoms with van der Waals surface area (Å²) >= 11 is 0. The van der Waals surface area contributed by atoms with Crippen LogP contribution in [-0.4, -0.2) is 13.2 Å². The molecule has 0 aliphatic heterocycles. The van der Waals surface area contributed by atoms with E-state index in [2.05, 4.69) is 44.2 Å². The van der Waals surface area contributed by atoms with Gasteiger partial charge in [0.25, 0.3) is 0 Å². The lowest BCUT2D eigenvalue weighted by molar-refractivity contribution is 0.0986. The molecule has 0 heterocycles. The molecule has 2 aromatic carbocycles. The lowest BCUT2D eigenvalue weighted by Gasteiger charge is -2.16. The van der Waals surface area contributed by atoms with Gasteiger partial charge in [0, 0.05) is 6.61 Å². The zero-order valence-electron chi connectivity index (χ0n) is 11.1. The van der Waals surface area contributed by atoms with Crippen LogP contribution in [-0.2, 0) is 4.74 Å². The summed E-state index contributed by atoms with van der Waals surface area (Å²) in [5.74, 6) is 0.546. The minimum atomic E-state index is -0.0603. The summed E-state index contributed by atoms with van der Waals surface area (Å²) in [6.45, 7) is 5.62. The third-order valence-corrected chi connectivity index (χ3v) is 2.97. The molecule has 2 rings (SSSR count). The summed E-state index contributed by atoms with van der Waals surface area (Å²) in [5.41, 5.74) is 7.39.